The van der Waals surface area contributed by atoms with Crippen molar-refractivity contribution in [3.05, 3.63) is 28.2 Å². The Morgan fingerprint density at radius 1 is 1.48 bits per heavy atom. The second-order valence-corrected chi connectivity index (χ2v) is 7.18. The van der Waals surface area contributed by atoms with E-state index in [0.29, 0.717) is 6.04 Å². The van der Waals surface area contributed by atoms with Gasteiger partial charge in [-0.3, -0.25) is 4.90 Å². The van der Waals surface area contributed by atoms with Gasteiger partial charge in [-0.1, -0.05) is 22.9 Å². The monoisotopic (exact) mass is 353 g/mol. The molecule has 1 aliphatic heterocycles. The summed E-state index contributed by atoms with van der Waals surface area (Å²) in [6.45, 7) is 7.84. The number of benzene rings is 1. The summed E-state index contributed by atoms with van der Waals surface area (Å²) in [6, 6.07) is 7.42. The second-order valence-electron chi connectivity index (χ2n) is 6.26. The maximum Gasteiger partial charge on any atom is 0.0398 e. The van der Waals surface area contributed by atoms with Gasteiger partial charge in [0.15, 0.2) is 0 Å². The third kappa shape index (κ3) is 4.44. The maximum atomic E-state index is 6.01. The first-order chi connectivity index (χ1) is 10.0. The quantitative estimate of drug-likeness (QED) is 0.851. The molecule has 0 aromatic heterocycles. The van der Waals surface area contributed by atoms with Gasteiger partial charge in [0.05, 0.1) is 0 Å². The lowest BCUT2D eigenvalue weighted by molar-refractivity contribution is 0.270. The van der Waals surface area contributed by atoms with Gasteiger partial charge >= 0.3 is 0 Å². The summed E-state index contributed by atoms with van der Waals surface area (Å²) < 4.78 is 1.13. The molecule has 0 spiro atoms. The standard InChI is InChI=1S/C17H28BrN3/c1-4-21-9-5-6-16(21)12-20(3)17-8-7-15(18)11-14(17)10-13(2)19/h7-8,11,13,16H,4-6,9-10,12,19H2,1-3H3. The Bertz CT molecular complexity index is 461. The Balaban J connectivity index is 2.12. The lowest BCUT2D eigenvalue weighted by Crippen LogP contribution is -2.39. The Labute approximate surface area is 137 Å². The van der Waals surface area contributed by atoms with Crippen LogP contribution in [0.15, 0.2) is 22.7 Å². The highest BCUT2D eigenvalue weighted by molar-refractivity contribution is 9.10. The molecule has 1 aromatic rings. The van der Waals surface area contributed by atoms with Crippen molar-refractivity contribution in [1.82, 2.24) is 4.90 Å². The van der Waals surface area contributed by atoms with Crippen LogP contribution < -0.4 is 10.6 Å². The Kier molecular flexibility index (Phi) is 6.08. The SMILES string of the molecule is CCN1CCCC1CN(C)c1ccc(Br)cc1CC(C)N. The van der Waals surface area contributed by atoms with Crippen molar-refractivity contribution in [3.8, 4) is 0 Å². The van der Waals surface area contributed by atoms with Crippen molar-refractivity contribution in [2.24, 2.45) is 5.73 Å². The molecule has 4 heteroatoms. The summed E-state index contributed by atoms with van der Waals surface area (Å²) in [5.74, 6) is 0. The minimum Gasteiger partial charge on any atom is -0.373 e. The number of nitrogens with zero attached hydrogens (tertiary/aromatic N) is 2. The van der Waals surface area contributed by atoms with Gasteiger partial charge in [0.1, 0.15) is 0 Å². The molecule has 1 saturated heterocycles. The highest BCUT2D eigenvalue weighted by Crippen LogP contribution is 2.27. The third-order valence-corrected chi connectivity index (χ3v) is 4.88. The fourth-order valence-corrected chi connectivity index (χ4v) is 3.78. The molecule has 3 nitrogen and oxygen atoms in total. The smallest absolute Gasteiger partial charge is 0.0398 e. The average Bonchev–Trinajstić information content (AvgIpc) is 2.85. The van der Waals surface area contributed by atoms with Gasteiger partial charge in [-0.2, -0.15) is 0 Å². The zero-order valence-corrected chi connectivity index (χ0v) is 15.1. The van der Waals surface area contributed by atoms with E-state index in [9.17, 15) is 0 Å². The van der Waals surface area contributed by atoms with Gasteiger partial charge in [0, 0.05) is 35.8 Å². The lowest BCUT2D eigenvalue weighted by Gasteiger charge is -2.30. The molecule has 0 bridgehead atoms. The van der Waals surface area contributed by atoms with Gasteiger partial charge < -0.3 is 10.6 Å². The molecule has 0 saturated carbocycles. The fraction of sp³-hybridized carbons (Fsp3) is 0.647. The molecular formula is C17H28BrN3. The van der Waals surface area contributed by atoms with Crippen molar-refractivity contribution in [2.45, 2.75) is 45.2 Å². The van der Waals surface area contributed by atoms with Crippen LogP contribution >= 0.6 is 15.9 Å². The summed E-state index contributed by atoms with van der Waals surface area (Å²) in [5.41, 5.74) is 8.66. The van der Waals surface area contributed by atoms with Crippen LogP contribution in [0.4, 0.5) is 5.69 Å². The highest BCUT2D eigenvalue weighted by atomic mass is 79.9. The number of halogens is 1. The number of likely N-dealkylation sites (tertiary alicyclic amines) is 1. The molecule has 0 aliphatic carbocycles. The van der Waals surface area contributed by atoms with Crippen molar-refractivity contribution in [3.63, 3.8) is 0 Å². The summed E-state index contributed by atoms with van der Waals surface area (Å²) in [5, 5.41) is 0. The summed E-state index contributed by atoms with van der Waals surface area (Å²) in [4.78, 5) is 5.00. The molecule has 1 aromatic carbocycles. The molecule has 2 rings (SSSR count). The molecule has 2 unspecified atom stereocenters. The predicted molar refractivity (Wildman–Crippen MR) is 95.0 cm³/mol. The van der Waals surface area contributed by atoms with E-state index in [1.165, 1.54) is 30.6 Å². The van der Waals surface area contributed by atoms with Crippen LogP contribution in [0.1, 0.15) is 32.3 Å². The number of hydrogen-bond acceptors (Lipinski definition) is 3. The zero-order chi connectivity index (χ0) is 15.4. The molecule has 1 heterocycles. The lowest BCUT2D eigenvalue weighted by atomic mass is 10.0. The van der Waals surface area contributed by atoms with E-state index in [-0.39, 0.29) is 6.04 Å². The van der Waals surface area contributed by atoms with E-state index in [1.807, 2.05) is 0 Å². The summed E-state index contributed by atoms with van der Waals surface area (Å²) >= 11 is 3.58. The van der Waals surface area contributed by atoms with Crippen molar-refractivity contribution >= 4 is 21.6 Å². The normalized spacial score (nSPS) is 20.7. The van der Waals surface area contributed by atoms with Crippen LogP contribution in [0.2, 0.25) is 0 Å². The number of likely N-dealkylation sites (N-methyl/N-ethyl adjacent to an activating group) is 2. The highest BCUT2D eigenvalue weighted by Gasteiger charge is 2.24. The van der Waals surface area contributed by atoms with Crippen molar-refractivity contribution in [1.29, 1.82) is 0 Å². The number of rotatable bonds is 6. The minimum absolute atomic E-state index is 0.185. The molecule has 118 valence electrons. The number of anilines is 1. The van der Waals surface area contributed by atoms with Gasteiger partial charge in [-0.25, -0.2) is 0 Å². The van der Waals surface area contributed by atoms with E-state index in [1.54, 1.807) is 0 Å². The van der Waals surface area contributed by atoms with Crippen molar-refractivity contribution in [2.75, 3.05) is 31.6 Å². The van der Waals surface area contributed by atoms with E-state index >= 15 is 0 Å². The van der Waals surface area contributed by atoms with Crippen molar-refractivity contribution < 1.29 is 0 Å². The van der Waals surface area contributed by atoms with Crippen LogP contribution in [0.5, 0.6) is 0 Å². The van der Waals surface area contributed by atoms with Gasteiger partial charge in [-0.15, -0.1) is 0 Å². The molecule has 2 atom stereocenters. The third-order valence-electron chi connectivity index (χ3n) is 4.38. The molecule has 21 heavy (non-hydrogen) atoms. The molecule has 0 radical (unpaired) electrons. The van der Waals surface area contributed by atoms with Crippen LogP contribution in [-0.4, -0.2) is 43.7 Å². The zero-order valence-electron chi connectivity index (χ0n) is 13.5. The predicted octanol–water partition coefficient (Wildman–Crippen LogP) is 3.26. The van der Waals surface area contributed by atoms with E-state index in [2.05, 4.69) is 64.8 Å². The maximum absolute atomic E-state index is 6.01. The van der Waals surface area contributed by atoms with Gasteiger partial charge in [0.2, 0.25) is 0 Å². The topological polar surface area (TPSA) is 32.5 Å². The molecule has 2 N–H and O–H groups in total. The summed E-state index contributed by atoms with van der Waals surface area (Å²) in [6.07, 6.45) is 3.57. The minimum atomic E-state index is 0.185. The van der Waals surface area contributed by atoms with Gasteiger partial charge in [0.25, 0.3) is 0 Å². The molecule has 1 aliphatic rings. The largest absolute Gasteiger partial charge is 0.373 e. The fourth-order valence-electron chi connectivity index (χ4n) is 3.37. The first-order valence-corrected chi connectivity index (χ1v) is 8.79. The Morgan fingerprint density at radius 3 is 2.90 bits per heavy atom. The number of nitrogens with two attached hydrogens (primary N) is 1. The Morgan fingerprint density at radius 2 is 2.24 bits per heavy atom. The van der Waals surface area contributed by atoms with E-state index < -0.39 is 0 Å². The van der Waals surface area contributed by atoms with Crippen LogP contribution in [-0.2, 0) is 6.42 Å². The Hall–Kier alpha value is -0.580. The van der Waals surface area contributed by atoms with Crippen LogP contribution in [0.3, 0.4) is 0 Å². The first-order valence-electron chi connectivity index (χ1n) is 8.00. The first kappa shape index (κ1) is 16.8. The summed E-state index contributed by atoms with van der Waals surface area (Å²) in [7, 11) is 2.21. The molecular weight excluding hydrogens is 326 g/mol. The van der Waals surface area contributed by atoms with Crippen LogP contribution in [0, 0.1) is 0 Å². The second kappa shape index (κ2) is 7.61. The number of hydrogen-bond donors (Lipinski definition) is 1. The van der Waals surface area contributed by atoms with Gasteiger partial charge in [-0.05, 0) is 63.0 Å². The van der Waals surface area contributed by atoms with E-state index in [0.717, 1.165) is 24.0 Å². The molecule has 0 amide bonds. The average molecular weight is 354 g/mol. The van der Waals surface area contributed by atoms with Crippen LogP contribution in [0.25, 0.3) is 0 Å². The molecule has 1 fully saturated rings. The van der Waals surface area contributed by atoms with E-state index in [4.69, 9.17) is 5.73 Å².